The summed E-state index contributed by atoms with van der Waals surface area (Å²) in [6.45, 7) is 2.42. The van der Waals surface area contributed by atoms with E-state index in [2.05, 4.69) is 22.8 Å². The van der Waals surface area contributed by atoms with Crippen LogP contribution in [0.25, 0.3) is 0 Å². The third-order valence-corrected chi connectivity index (χ3v) is 3.01. The van der Waals surface area contributed by atoms with Gasteiger partial charge in [0.2, 0.25) is 0 Å². The van der Waals surface area contributed by atoms with E-state index >= 15 is 0 Å². The van der Waals surface area contributed by atoms with Gasteiger partial charge in [0, 0.05) is 25.3 Å². The van der Waals surface area contributed by atoms with Crippen LogP contribution in [0.2, 0.25) is 5.02 Å². The van der Waals surface area contributed by atoms with E-state index in [9.17, 15) is 4.39 Å². The van der Waals surface area contributed by atoms with E-state index in [4.69, 9.17) is 11.6 Å². The maximum Gasteiger partial charge on any atom is 0.141 e. The van der Waals surface area contributed by atoms with Crippen LogP contribution in [0.3, 0.4) is 0 Å². The van der Waals surface area contributed by atoms with Crippen LogP contribution in [0.15, 0.2) is 48.5 Å². The molecule has 0 unspecified atom stereocenters. The SMILES string of the molecule is Fc1ccc(NCCNCc2ccccc2)cc1Cl. The van der Waals surface area contributed by atoms with Gasteiger partial charge in [0.25, 0.3) is 0 Å². The minimum absolute atomic E-state index is 0.141. The first kappa shape index (κ1) is 13.8. The lowest BCUT2D eigenvalue weighted by molar-refractivity contribution is 0.628. The first-order valence-electron chi connectivity index (χ1n) is 6.19. The molecule has 0 amide bonds. The molecule has 0 spiro atoms. The summed E-state index contributed by atoms with van der Waals surface area (Å²) in [6, 6.07) is 14.9. The smallest absolute Gasteiger partial charge is 0.141 e. The van der Waals surface area contributed by atoms with Crippen molar-refractivity contribution in [2.45, 2.75) is 6.54 Å². The van der Waals surface area contributed by atoms with E-state index in [1.807, 2.05) is 18.2 Å². The molecular weight excluding hydrogens is 263 g/mol. The maximum absolute atomic E-state index is 13.0. The summed E-state index contributed by atoms with van der Waals surface area (Å²) in [5.74, 6) is -0.394. The predicted molar refractivity (Wildman–Crippen MR) is 78.0 cm³/mol. The average molecular weight is 279 g/mol. The fourth-order valence-corrected chi connectivity index (χ4v) is 1.91. The number of rotatable bonds is 6. The monoisotopic (exact) mass is 278 g/mol. The highest BCUT2D eigenvalue weighted by atomic mass is 35.5. The minimum Gasteiger partial charge on any atom is -0.384 e. The van der Waals surface area contributed by atoms with E-state index in [1.165, 1.54) is 11.6 Å². The molecule has 0 aliphatic heterocycles. The Kier molecular flexibility index (Phi) is 5.19. The minimum atomic E-state index is -0.394. The number of halogens is 2. The summed E-state index contributed by atoms with van der Waals surface area (Å²) in [7, 11) is 0. The normalized spacial score (nSPS) is 10.4. The Labute approximate surface area is 117 Å². The van der Waals surface area contributed by atoms with Gasteiger partial charge < -0.3 is 10.6 Å². The van der Waals surface area contributed by atoms with Gasteiger partial charge in [-0.05, 0) is 23.8 Å². The molecule has 100 valence electrons. The molecule has 19 heavy (non-hydrogen) atoms. The maximum atomic E-state index is 13.0. The van der Waals surface area contributed by atoms with Crippen molar-refractivity contribution in [2.75, 3.05) is 18.4 Å². The Bertz CT molecular complexity index is 517. The van der Waals surface area contributed by atoms with Gasteiger partial charge in [-0.2, -0.15) is 0 Å². The van der Waals surface area contributed by atoms with Gasteiger partial charge in [-0.25, -0.2) is 4.39 Å². The van der Waals surface area contributed by atoms with Crippen LogP contribution in [-0.2, 0) is 6.54 Å². The van der Waals surface area contributed by atoms with Gasteiger partial charge in [-0.1, -0.05) is 41.9 Å². The van der Waals surface area contributed by atoms with Crippen LogP contribution < -0.4 is 10.6 Å². The fourth-order valence-electron chi connectivity index (χ4n) is 1.73. The van der Waals surface area contributed by atoms with E-state index in [0.29, 0.717) is 0 Å². The summed E-state index contributed by atoms with van der Waals surface area (Å²) >= 11 is 5.70. The van der Waals surface area contributed by atoms with Crippen LogP contribution in [0, 0.1) is 5.82 Å². The number of hydrogen-bond acceptors (Lipinski definition) is 2. The number of nitrogens with one attached hydrogen (secondary N) is 2. The van der Waals surface area contributed by atoms with Crippen molar-refractivity contribution in [1.29, 1.82) is 0 Å². The van der Waals surface area contributed by atoms with Gasteiger partial charge in [-0.15, -0.1) is 0 Å². The first-order valence-corrected chi connectivity index (χ1v) is 6.57. The van der Waals surface area contributed by atoms with Gasteiger partial charge in [0.1, 0.15) is 5.82 Å². The standard InChI is InChI=1S/C15H16ClFN2/c16-14-10-13(6-7-15(14)17)19-9-8-18-11-12-4-2-1-3-5-12/h1-7,10,18-19H,8-9,11H2. The summed E-state index contributed by atoms with van der Waals surface area (Å²) in [5, 5.41) is 6.65. The summed E-state index contributed by atoms with van der Waals surface area (Å²) in [4.78, 5) is 0. The second-order valence-electron chi connectivity index (χ2n) is 4.22. The molecule has 2 nitrogen and oxygen atoms in total. The first-order chi connectivity index (χ1) is 9.25. The highest BCUT2D eigenvalue weighted by Gasteiger charge is 1.99. The average Bonchev–Trinajstić information content (AvgIpc) is 2.43. The van der Waals surface area contributed by atoms with Crippen molar-refractivity contribution < 1.29 is 4.39 Å². The van der Waals surface area contributed by atoms with E-state index in [0.717, 1.165) is 25.3 Å². The lowest BCUT2D eigenvalue weighted by Crippen LogP contribution is -2.21. The predicted octanol–water partition coefficient (Wildman–Crippen LogP) is 3.68. The molecule has 0 saturated heterocycles. The third kappa shape index (κ3) is 4.54. The molecule has 2 rings (SSSR count). The largest absolute Gasteiger partial charge is 0.384 e. The zero-order chi connectivity index (χ0) is 13.5. The van der Waals surface area contributed by atoms with Crippen molar-refractivity contribution in [2.24, 2.45) is 0 Å². The van der Waals surface area contributed by atoms with Crippen molar-refractivity contribution in [3.8, 4) is 0 Å². The molecule has 2 N–H and O–H groups in total. The van der Waals surface area contributed by atoms with E-state index in [1.54, 1.807) is 12.1 Å². The summed E-state index contributed by atoms with van der Waals surface area (Å²) in [6.07, 6.45) is 0. The fraction of sp³-hybridized carbons (Fsp3) is 0.200. The topological polar surface area (TPSA) is 24.1 Å². The van der Waals surface area contributed by atoms with E-state index in [-0.39, 0.29) is 5.02 Å². The number of hydrogen-bond donors (Lipinski definition) is 2. The zero-order valence-corrected chi connectivity index (χ0v) is 11.3. The zero-order valence-electron chi connectivity index (χ0n) is 10.5. The Hall–Kier alpha value is -1.58. The molecule has 0 radical (unpaired) electrons. The second kappa shape index (κ2) is 7.12. The van der Waals surface area contributed by atoms with Gasteiger partial charge in [0.15, 0.2) is 0 Å². The highest BCUT2D eigenvalue weighted by Crippen LogP contribution is 2.18. The Morgan fingerprint density at radius 2 is 1.79 bits per heavy atom. The lowest BCUT2D eigenvalue weighted by atomic mass is 10.2. The Balaban J connectivity index is 1.68. The summed E-state index contributed by atoms with van der Waals surface area (Å²) < 4.78 is 13.0. The molecule has 0 atom stereocenters. The number of benzene rings is 2. The molecular formula is C15H16ClFN2. The van der Waals surface area contributed by atoms with Crippen molar-refractivity contribution in [3.05, 3.63) is 64.9 Å². The van der Waals surface area contributed by atoms with Crippen LogP contribution in [0.1, 0.15) is 5.56 Å². The Morgan fingerprint density at radius 3 is 2.53 bits per heavy atom. The molecule has 0 saturated carbocycles. The lowest BCUT2D eigenvalue weighted by Gasteiger charge is -2.08. The van der Waals surface area contributed by atoms with Crippen molar-refractivity contribution in [3.63, 3.8) is 0 Å². The van der Waals surface area contributed by atoms with Crippen LogP contribution in [0.5, 0.6) is 0 Å². The Morgan fingerprint density at radius 1 is 1.00 bits per heavy atom. The summed E-state index contributed by atoms with van der Waals surface area (Å²) in [5.41, 5.74) is 2.08. The molecule has 2 aromatic carbocycles. The molecule has 0 heterocycles. The second-order valence-corrected chi connectivity index (χ2v) is 4.63. The van der Waals surface area contributed by atoms with Gasteiger partial charge in [-0.3, -0.25) is 0 Å². The quantitative estimate of drug-likeness (QED) is 0.788. The molecule has 0 aromatic heterocycles. The number of anilines is 1. The van der Waals surface area contributed by atoms with E-state index < -0.39 is 5.82 Å². The van der Waals surface area contributed by atoms with Gasteiger partial charge >= 0.3 is 0 Å². The van der Waals surface area contributed by atoms with Crippen molar-refractivity contribution in [1.82, 2.24) is 5.32 Å². The molecule has 2 aromatic rings. The highest BCUT2D eigenvalue weighted by molar-refractivity contribution is 6.31. The van der Waals surface area contributed by atoms with Crippen molar-refractivity contribution >= 4 is 17.3 Å². The molecule has 0 bridgehead atoms. The molecule has 4 heteroatoms. The van der Waals surface area contributed by atoms with Crippen LogP contribution >= 0.6 is 11.6 Å². The molecule has 0 aliphatic rings. The van der Waals surface area contributed by atoms with Gasteiger partial charge in [0.05, 0.1) is 5.02 Å². The van der Waals surface area contributed by atoms with Crippen LogP contribution in [0.4, 0.5) is 10.1 Å². The molecule has 0 fully saturated rings. The van der Waals surface area contributed by atoms with Crippen LogP contribution in [-0.4, -0.2) is 13.1 Å². The molecule has 0 aliphatic carbocycles. The third-order valence-electron chi connectivity index (χ3n) is 2.72.